The van der Waals surface area contributed by atoms with Gasteiger partial charge in [0.1, 0.15) is 5.75 Å². The molecule has 0 spiro atoms. The van der Waals surface area contributed by atoms with Crippen molar-refractivity contribution in [3.63, 3.8) is 0 Å². The number of benzene rings is 1. The number of carboxylic acids is 1. The number of carboxylic acid groups (broad SMARTS) is 1. The Bertz CT molecular complexity index is 458. The zero-order valence-electron chi connectivity index (χ0n) is 11.6. The normalized spacial score (nSPS) is 11.8. The number of methoxy groups -OCH3 is 3. The summed E-state index contributed by atoms with van der Waals surface area (Å²) >= 11 is 0. The first-order valence-electron chi connectivity index (χ1n) is 5.84. The highest BCUT2D eigenvalue weighted by Crippen LogP contribution is 2.38. The van der Waals surface area contributed by atoms with E-state index in [1.54, 1.807) is 0 Å². The summed E-state index contributed by atoms with van der Waals surface area (Å²) in [5.74, 6) is -0.112. The van der Waals surface area contributed by atoms with Crippen LogP contribution in [-0.2, 0) is 9.53 Å². The Kier molecular flexibility index (Phi) is 6.08. The Morgan fingerprint density at radius 1 is 1.10 bits per heavy atom. The van der Waals surface area contributed by atoms with Crippen LogP contribution in [0.1, 0.15) is 11.7 Å². The molecule has 0 saturated carbocycles. The maximum absolute atomic E-state index is 11.3. The second-order valence-corrected chi connectivity index (χ2v) is 3.76. The standard InChI is InChI=1S/C13H18O7/c1-17-9-7-11(19-3)10(18-2)6-8(9)12(13(15)16)20-5-4-14/h6-7,12,14H,4-5H2,1-3H3,(H,15,16). The molecule has 0 amide bonds. The Labute approximate surface area is 116 Å². The van der Waals surface area contributed by atoms with Crippen molar-refractivity contribution in [2.45, 2.75) is 6.10 Å². The summed E-state index contributed by atoms with van der Waals surface area (Å²) in [5, 5.41) is 18.0. The van der Waals surface area contributed by atoms with E-state index in [2.05, 4.69) is 0 Å². The van der Waals surface area contributed by atoms with E-state index in [4.69, 9.17) is 24.1 Å². The second-order valence-electron chi connectivity index (χ2n) is 3.76. The van der Waals surface area contributed by atoms with E-state index in [1.165, 1.54) is 33.5 Å². The van der Waals surface area contributed by atoms with Crippen molar-refractivity contribution in [2.24, 2.45) is 0 Å². The van der Waals surface area contributed by atoms with E-state index in [0.717, 1.165) is 0 Å². The molecule has 7 nitrogen and oxygen atoms in total. The lowest BCUT2D eigenvalue weighted by Gasteiger charge is -2.19. The highest BCUT2D eigenvalue weighted by atomic mass is 16.5. The van der Waals surface area contributed by atoms with Gasteiger partial charge in [0, 0.05) is 11.6 Å². The molecule has 0 aromatic heterocycles. The average molecular weight is 286 g/mol. The molecule has 1 unspecified atom stereocenters. The van der Waals surface area contributed by atoms with E-state index in [9.17, 15) is 9.90 Å². The number of aliphatic carboxylic acids is 1. The van der Waals surface area contributed by atoms with E-state index in [-0.39, 0.29) is 18.8 Å². The molecule has 2 N–H and O–H groups in total. The molecule has 0 radical (unpaired) electrons. The third kappa shape index (κ3) is 3.52. The number of hydrogen-bond donors (Lipinski definition) is 2. The van der Waals surface area contributed by atoms with Crippen LogP contribution in [0, 0.1) is 0 Å². The molecule has 7 heteroatoms. The average Bonchev–Trinajstić information content (AvgIpc) is 2.46. The largest absolute Gasteiger partial charge is 0.496 e. The van der Waals surface area contributed by atoms with E-state index in [1.807, 2.05) is 0 Å². The van der Waals surface area contributed by atoms with Crippen molar-refractivity contribution in [3.05, 3.63) is 17.7 Å². The maximum Gasteiger partial charge on any atom is 0.337 e. The Morgan fingerprint density at radius 2 is 1.65 bits per heavy atom. The molecule has 0 saturated heterocycles. The van der Waals surface area contributed by atoms with Crippen molar-refractivity contribution in [2.75, 3.05) is 34.5 Å². The molecule has 0 aliphatic carbocycles. The fourth-order valence-corrected chi connectivity index (χ4v) is 1.72. The number of carbonyl (C=O) groups is 1. The van der Waals surface area contributed by atoms with Crippen molar-refractivity contribution >= 4 is 5.97 Å². The predicted molar refractivity (Wildman–Crippen MR) is 69.5 cm³/mol. The van der Waals surface area contributed by atoms with Gasteiger partial charge in [0.2, 0.25) is 0 Å². The molecule has 1 rings (SSSR count). The number of aliphatic hydroxyl groups is 1. The smallest absolute Gasteiger partial charge is 0.337 e. The molecule has 0 bridgehead atoms. The highest BCUT2D eigenvalue weighted by molar-refractivity contribution is 5.76. The van der Waals surface area contributed by atoms with Crippen LogP contribution in [0.4, 0.5) is 0 Å². The van der Waals surface area contributed by atoms with Crippen molar-refractivity contribution in [3.8, 4) is 17.2 Å². The Balaban J connectivity index is 3.27. The molecule has 0 fully saturated rings. The Morgan fingerprint density at radius 3 is 2.10 bits per heavy atom. The molecular weight excluding hydrogens is 268 g/mol. The summed E-state index contributed by atoms with van der Waals surface area (Å²) in [7, 11) is 4.32. The number of hydrogen-bond acceptors (Lipinski definition) is 6. The molecule has 1 atom stereocenters. The molecule has 20 heavy (non-hydrogen) atoms. The van der Waals surface area contributed by atoms with Crippen molar-refractivity contribution in [1.82, 2.24) is 0 Å². The maximum atomic E-state index is 11.3. The van der Waals surface area contributed by atoms with Crippen LogP contribution in [0.5, 0.6) is 17.2 Å². The Hall–Kier alpha value is -1.99. The van der Waals surface area contributed by atoms with E-state index < -0.39 is 12.1 Å². The SMILES string of the molecule is COc1cc(OC)c(C(OCCO)C(=O)O)cc1OC. The summed E-state index contributed by atoms with van der Waals surface area (Å²) < 4.78 is 20.5. The highest BCUT2D eigenvalue weighted by Gasteiger charge is 2.26. The third-order valence-corrected chi connectivity index (χ3v) is 2.62. The van der Waals surface area contributed by atoms with Crippen LogP contribution >= 0.6 is 0 Å². The van der Waals surface area contributed by atoms with E-state index in [0.29, 0.717) is 17.2 Å². The number of rotatable bonds is 8. The zero-order valence-corrected chi connectivity index (χ0v) is 11.6. The molecule has 0 heterocycles. The monoisotopic (exact) mass is 286 g/mol. The fourth-order valence-electron chi connectivity index (χ4n) is 1.72. The second kappa shape index (κ2) is 7.56. The first-order chi connectivity index (χ1) is 9.58. The minimum absolute atomic E-state index is 0.103. The minimum atomic E-state index is -1.27. The summed E-state index contributed by atoms with van der Waals surface area (Å²) in [4.78, 5) is 11.3. The summed E-state index contributed by atoms with van der Waals surface area (Å²) in [6.45, 7) is -0.381. The predicted octanol–water partition coefficient (Wildman–Crippen LogP) is 0.847. The lowest BCUT2D eigenvalue weighted by Crippen LogP contribution is -2.18. The number of aliphatic hydroxyl groups excluding tert-OH is 1. The van der Waals surface area contributed by atoms with Crippen LogP contribution in [0.3, 0.4) is 0 Å². The van der Waals surface area contributed by atoms with Crippen molar-refractivity contribution < 1.29 is 34.0 Å². The molecule has 112 valence electrons. The lowest BCUT2D eigenvalue weighted by atomic mass is 10.1. The quantitative estimate of drug-likeness (QED) is 0.731. The molecule has 0 aliphatic heterocycles. The lowest BCUT2D eigenvalue weighted by molar-refractivity contribution is -0.151. The van der Waals surface area contributed by atoms with Gasteiger partial charge < -0.3 is 29.2 Å². The molecule has 1 aromatic carbocycles. The van der Waals surface area contributed by atoms with Gasteiger partial charge in [0.25, 0.3) is 0 Å². The van der Waals surface area contributed by atoms with Gasteiger partial charge in [-0.05, 0) is 6.07 Å². The van der Waals surface area contributed by atoms with Crippen LogP contribution in [-0.4, -0.2) is 50.7 Å². The van der Waals surface area contributed by atoms with Gasteiger partial charge in [-0.25, -0.2) is 4.79 Å². The van der Waals surface area contributed by atoms with E-state index >= 15 is 0 Å². The van der Waals surface area contributed by atoms with Gasteiger partial charge in [-0.2, -0.15) is 0 Å². The van der Waals surface area contributed by atoms with Gasteiger partial charge in [0.05, 0.1) is 34.5 Å². The van der Waals surface area contributed by atoms with Gasteiger partial charge >= 0.3 is 5.97 Å². The number of ether oxygens (including phenoxy) is 4. The van der Waals surface area contributed by atoms with Crippen LogP contribution < -0.4 is 14.2 Å². The zero-order chi connectivity index (χ0) is 15.1. The summed E-state index contributed by atoms with van der Waals surface area (Å²) in [6, 6.07) is 3.00. The van der Waals surface area contributed by atoms with Gasteiger partial charge in [-0.1, -0.05) is 0 Å². The molecular formula is C13H18O7. The van der Waals surface area contributed by atoms with Gasteiger partial charge in [0.15, 0.2) is 17.6 Å². The summed E-state index contributed by atoms with van der Waals surface area (Å²) in [5.41, 5.74) is 0.283. The van der Waals surface area contributed by atoms with Crippen molar-refractivity contribution in [1.29, 1.82) is 0 Å². The molecule has 1 aromatic rings. The van der Waals surface area contributed by atoms with Gasteiger partial charge in [-0.3, -0.25) is 0 Å². The molecule has 0 aliphatic rings. The minimum Gasteiger partial charge on any atom is -0.496 e. The van der Waals surface area contributed by atoms with Crippen LogP contribution in [0.25, 0.3) is 0 Å². The summed E-state index contributed by atoms with van der Waals surface area (Å²) in [6.07, 6.45) is -1.27. The first-order valence-corrected chi connectivity index (χ1v) is 5.84. The fraction of sp³-hybridized carbons (Fsp3) is 0.462. The topological polar surface area (TPSA) is 94.5 Å². The van der Waals surface area contributed by atoms with Crippen LogP contribution in [0.2, 0.25) is 0 Å². The van der Waals surface area contributed by atoms with Crippen LogP contribution in [0.15, 0.2) is 12.1 Å². The first kappa shape index (κ1) is 16.1. The third-order valence-electron chi connectivity index (χ3n) is 2.62. The van der Waals surface area contributed by atoms with Gasteiger partial charge in [-0.15, -0.1) is 0 Å².